The minimum Gasteiger partial charge on any atom is -0.480 e. The summed E-state index contributed by atoms with van der Waals surface area (Å²) in [6.45, 7) is 5.24. The largest absolute Gasteiger partial charge is 0.480 e. The van der Waals surface area contributed by atoms with Crippen LogP contribution in [-0.4, -0.2) is 58.4 Å². The highest BCUT2D eigenvalue weighted by molar-refractivity contribution is 5.94. The number of hydrogen-bond acceptors (Lipinski definition) is 4. The van der Waals surface area contributed by atoms with Crippen LogP contribution < -0.4 is 4.74 Å². The Morgan fingerprint density at radius 2 is 1.87 bits per heavy atom. The van der Waals surface area contributed by atoms with E-state index in [0.29, 0.717) is 30.9 Å². The number of piperazine rings is 1. The molecule has 0 unspecified atom stereocenters. The Balaban J connectivity index is 1.42. The minimum absolute atomic E-state index is 0.00195. The first kappa shape index (κ1) is 19.9. The lowest BCUT2D eigenvalue weighted by atomic mass is 10.1. The maximum Gasteiger partial charge on any atom is 0.263 e. The van der Waals surface area contributed by atoms with E-state index >= 15 is 0 Å². The minimum atomic E-state index is -0.630. The molecule has 1 aliphatic heterocycles. The highest BCUT2D eigenvalue weighted by atomic mass is 16.5. The normalized spacial score (nSPS) is 17.6. The monoisotopic (exact) mass is 403 g/mol. The first-order chi connectivity index (χ1) is 14.5. The maximum atomic E-state index is 13.1. The van der Waals surface area contributed by atoms with Crippen molar-refractivity contribution >= 4 is 22.6 Å². The van der Waals surface area contributed by atoms with Crippen LogP contribution in [0.3, 0.4) is 0 Å². The molecule has 4 rings (SSSR count). The Hall–Kier alpha value is -3.41. The van der Waals surface area contributed by atoms with Crippen LogP contribution >= 0.6 is 0 Å². The van der Waals surface area contributed by atoms with Crippen LogP contribution in [0.15, 0.2) is 67.0 Å². The van der Waals surface area contributed by atoms with Gasteiger partial charge in [-0.15, -0.1) is 0 Å². The summed E-state index contributed by atoms with van der Waals surface area (Å²) in [7, 11) is 0. The first-order valence-corrected chi connectivity index (χ1v) is 10.2. The van der Waals surface area contributed by atoms with E-state index in [4.69, 9.17) is 4.74 Å². The molecule has 6 heteroatoms. The zero-order valence-electron chi connectivity index (χ0n) is 17.2. The molecular formula is C24H25N3O3. The topological polar surface area (TPSA) is 62.7 Å². The second-order valence-electron chi connectivity index (χ2n) is 7.61. The van der Waals surface area contributed by atoms with Crippen molar-refractivity contribution in [2.45, 2.75) is 26.0 Å². The summed E-state index contributed by atoms with van der Waals surface area (Å²) in [5, 5.41) is 1.90. The van der Waals surface area contributed by atoms with E-state index < -0.39 is 6.10 Å². The quantitative estimate of drug-likeness (QED) is 0.670. The molecule has 30 heavy (non-hydrogen) atoms. The fraction of sp³-hybridized carbons (Fsp3) is 0.292. The molecule has 2 amide bonds. The molecule has 1 saturated heterocycles. The predicted octanol–water partition coefficient (Wildman–Crippen LogP) is 3.38. The molecule has 6 nitrogen and oxygen atoms in total. The van der Waals surface area contributed by atoms with Gasteiger partial charge in [0.1, 0.15) is 5.75 Å². The lowest BCUT2D eigenvalue weighted by molar-refractivity contribution is -0.142. The zero-order chi connectivity index (χ0) is 21.1. The van der Waals surface area contributed by atoms with Gasteiger partial charge in [-0.25, -0.2) is 0 Å². The van der Waals surface area contributed by atoms with Crippen molar-refractivity contribution in [3.63, 3.8) is 0 Å². The summed E-state index contributed by atoms with van der Waals surface area (Å²) < 4.78 is 6.02. The van der Waals surface area contributed by atoms with Crippen LogP contribution in [-0.2, 0) is 4.79 Å². The summed E-state index contributed by atoms with van der Waals surface area (Å²) in [5.41, 5.74) is 0.672. The first-order valence-electron chi connectivity index (χ1n) is 10.2. The van der Waals surface area contributed by atoms with Crippen molar-refractivity contribution in [2.75, 3.05) is 19.6 Å². The maximum absolute atomic E-state index is 13.1. The summed E-state index contributed by atoms with van der Waals surface area (Å²) in [4.78, 5) is 33.6. The molecule has 3 aromatic rings. The summed E-state index contributed by atoms with van der Waals surface area (Å²) in [6, 6.07) is 16.8. The number of rotatable bonds is 4. The third-order valence-electron chi connectivity index (χ3n) is 5.51. The van der Waals surface area contributed by atoms with Gasteiger partial charge in [-0.05, 0) is 43.5 Å². The second kappa shape index (κ2) is 8.53. The van der Waals surface area contributed by atoms with E-state index in [1.165, 1.54) is 0 Å². The summed E-state index contributed by atoms with van der Waals surface area (Å²) in [6.07, 6.45) is 2.85. The van der Waals surface area contributed by atoms with E-state index in [9.17, 15) is 9.59 Å². The molecule has 1 aliphatic rings. The van der Waals surface area contributed by atoms with Crippen LogP contribution in [0.1, 0.15) is 24.2 Å². The fourth-order valence-corrected chi connectivity index (χ4v) is 3.90. The molecule has 0 spiro atoms. The molecule has 0 aliphatic carbocycles. The standard InChI is InChI=1S/C24H25N3O3/c1-17-16-26(24(29)20-7-4-3-5-8-20)13-14-27(17)23(28)18(2)30-22-10-6-9-19-11-12-25-15-21(19)22/h3-12,15,17-18H,13-14,16H2,1-2H3/t17-,18-/m1/s1. The van der Waals surface area contributed by atoms with Crippen molar-refractivity contribution in [3.05, 3.63) is 72.6 Å². The predicted molar refractivity (Wildman–Crippen MR) is 115 cm³/mol. The molecule has 154 valence electrons. The van der Waals surface area contributed by atoms with Crippen LogP contribution in [0.4, 0.5) is 0 Å². The number of hydrogen-bond donors (Lipinski definition) is 0. The van der Waals surface area contributed by atoms with Crippen LogP contribution in [0, 0.1) is 0 Å². The molecular weight excluding hydrogens is 378 g/mol. The van der Waals surface area contributed by atoms with Crippen molar-refractivity contribution < 1.29 is 14.3 Å². The van der Waals surface area contributed by atoms with E-state index in [-0.39, 0.29) is 17.9 Å². The molecule has 0 N–H and O–H groups in total. The van der Waals surface area contributed by atoms with E-state index in [1.807, 2.05) is 71.3 Å². The highest BCUT2D eigenvalue weighted by Crippen LogP contribution is 2.26. The van der Waals surface area contributed by atoms with E-state index in [0.717, 1.165) is 10.8 Å². The Morgan fingerprint density at radius 3 is 2.63 bits per heavy atom. The number of ether oxygens (including phenoxy) is 1. The second-order valence-corrected chi connectivity index (χ2v) is 7.61. The Labute approximate surface area is 176 Å². The van der Waals surface area contributed by atoms with Gasteiger partial charge >= 0.3 is 0 Å². The average Bonchev–Trinajstić information content (AvgIpc) is 2.79. The van der Waals surface area contributed by atoms with Gasteiger partial charge in [-0.2, -0.15) is 0 Å². The van der Waals surface area contributed by atoms with Crippen molar-refractivity contribution in [2.24, 2.45) is 0 Å². The number of amides is 2. The molecule has 2 atom stereocenters. The number of fused-ring (bicyclic) bond motifs is 1. The average molecular weight is 403 g/mol. The van der Waals surface area contributed by atoms with Gasteiger partial charge in [-0.1, -0.05) is 30.3 Å². The van der Waals surface area contributed by atoms with Gasteiger partial charge in [0.05, 0.1) is 0 Å². The van der Waals surface area contributed by atoms with Crippen LogP contribution in [0.2, 0.25) is 0 Å². The summed E-state index contributed by atoms with van der Waals surface area (Å²) in [5.74, 6) is 0.573. The molecule has 0 saturated carbocycles. The van der Waals surface area contributed by atoms with Crippen LogP contribution in [0.25, 0.3) is 10.8 Å². The van der Waals surface area contributed by atoms with Crippen molar-refractivity contribution in [3.8, 4) is 5.75 Å². The smallest absolute Gasteiger partial charge is 0.263 e. The van der Waals surface area contributed by atoms with Crippen LogP contribution in [0.5, 0.6) is 5.75 Å². The number of nitrogens with zero attached hydrogens (tertiary/aromatic N) is 3. The fourth-order valence-electron chi connectivity index (χ4n) is 3.90. The Morgan fingerprint density at radius 1 is 1.07 bits per heavy atom. The van der Waals surface area contributed by atoms with E-state index in [1.54, 1.807) is 19.3 Å². The third kappa shape index (κ3) is 3.99. The summed E-state index contributed by atoms with van der Waals surface area (Å²) >= 11 is 0. The molecule has 2 aromatic carbocycles. The van der Waals surface area contributed by atoms with Crippen molar-refractivity contribution in [1.82, 2.24) is 14.8 Å². The third-order valence-corrected chi connectivity index (χ3v) is 5.51. The number of pyridine rings is 1. The molecule has 0 bridgehead atoms. The van der Waals surface area contributed by atoms with E-state index in [2.05, 4.69) is 4.98 Å². The number of benzene rings is 2. The van der Waals surface area contributed by atoms with Gasteiger partial charge in [0.25, 0.3) is 11.8 Å². The van der Waals surface area contributed by atoms with Gasteiger partial charge < -0.3 is 14.5 Å². The molecule has 2 heterocycles. The van der Waals surface area contributed by atoms with Gasteiger partial charge in [0.2, 0.25) is 0 Å². The van der Waals surface area contributed by atoms with Gasteiger partial charge in [0, 0.05) is 49.0 Å². The highest BCUT2D eigenvalue weighted by Gasteiger charge is 2.33. The molecule has 1 fully saturated rings. The molecule has 1 aromatic heterocycles. The SMILES string of the molecule is C[C@@H]1CN(C(=O)c2ccccc2)CCN1C(=O)[C@@H](C)Oc1cccc2ccncc12. The zero-order valence-corrected chi connectivity index (χ0v) is 17.2. The Bertz CT molecular complexity index is 1050. The number of carbonyl (C=O) groups excluding carboxylic acids is 2. The molecule has 0 radical (unpaired) electrons. The lowest BCUT2D eigenvalue weighted by Gasteiger charge is -2.40. The van der Waals surface area contributed by atoms with Crippen molar-refractivity contribution in [1.29, 1.82) is 0 Å². The Kier molecular flexibility index (Phi) is 5.65. The lowest BCUT2D eigenvalue weighted by Crippen LogP contribution is -2.57. The van der Waals surface area contributed by atoms with Gasteiger partial charge in [0.15, 0.2) is 6.10 Å². The number of carbonyl (C=O) groups is 2. The van der Waals surface area contributed by atoms with Gasteiger partial charge in [-0.3, -0.25) is 14.6 Å². The number of aromatic nitrogens is 1.